The third kappa shape index (κ3) is 5.16. The fraction of sp³-hybridized carbons (Fsp3) is 0.867. The molecule has 0 spiro atoms. The van der Waals surface area contributed by atoms with Gasteiger partial charge in [0.05, 0.1) is 0 Å². The van der Waals surface area contributed by atoms with Gasteiger partial charge in [0.1, 0.15) is 0 Å². The van der Waals surface area contributed by atoms with Crippen molar-refractivity contribution in [2.24, 2.45) is 11.8 Å². The first-order chi connectivity index (χ1) is 7.74. The Morgan fingerprint density at radius 2 is 2.00 bits per heavy atom. The largest absolute Gasteiger partial charge is 0.314 e. The van der Waals surface area contributed by atoms with Crippen molar-refractivity contribution in [1.29, 1.82) is 0 Å². The number of nitrogens with one attached hydrogen (secondary N) is 1. The molecule has 0 bridgehead atoms. The summed E-state index contributed by atoms with van der Waals surface area (Å²) < 4.78 is 0. The molecule has 0 radical (unpaired) electrons. The summed E-state index contributed by atoms with van der Waals surface area (Å²) in [6, 6.07) is 0.788. The van der Waals surface area contributed by atoms with Gasteiger partial charge in [-0.25, -0.2) is 0 Å². The molecule has 1 nitrogen and oxygen atoms in total. The maximum atomic E-state index is 3.75. The van der Waals surface area contributed by atoms with E-state index in [2.05, 4.69) is 25.7 Å². The minimum atomic E-state index is 0.788. The Balaban J connectivity index is 2.02. The molecular formula is C15H29N. The Morgan fingerprint density at radius 3 is 2.69 bits per heavy atom. The molecule has 16 heavy (non-hydrogen) atoms. The van der Waals surface area contributed by atoms with Crippen molar-refractivity contribution in [1.82, 2.24) is 5.32 Å². The summed E-state index contributed by atoms with van der Waals surface area (Å²) in [4.78, 5) is 0. The fourth-order valence-corrected chi connectivity index (χ4v) is 2.85. The maximum Gasteiger partial charge on any atom is 0.00928 e. The molecule has 0 aromatic heterocycles. The minimum absolute atomic E-state index is 0.788. The summed E-state index contributed by atoms with van der Waals surface area (Å²) in [5.41, 5.74) is 0. The first-order valence-electron chi connectivity index (χ1n) is 7.08. The van der Waals surface area contributed by atoms with E-state index in [0.717, 1.165) is 17.9 Å². The molecule has 1 fully saturated rings. The highest BCUT2D eigenvalue weighted by Crippen LogP contribution is 2.28. The second-order valence-electron chi connectivity index (χ2n) is 5.59. The molecule has 0 saturated heterocycles. The molecule has 1 aliphatic rings. The van der Waals surface area contributed by atoms with Crippen LogP contribution in [0.25, 0.3) is 0 Å². The van der Waals surface area contributed by atoms with Crippen molar-refractivity contribution in [3.8, 4) is 0 Å². The minimum Gasteiger partial charge on any atom is -0.314 e. The predicted molar refractivity (Wildman–Crippen MR) is 72.6 cm³/mol. The van der Waals surface area contributed by atoms with E-state index in [0.29, 0.717) is 0 Å². The Morgan fingerprint density at radius 1 is 1.19 bits per heavy atom. The summed E-state index contributed by atoms with van der Waals surface area (Å²) >= 11 is 0. The van der Waals surface area contributed by atoms with E-state index in [4.69, 9.17) is 0 Å². The van der Waals surface area contributed by atoms with Gasteiger partial charge in [-0.3, -0.25) is 0 Å². The molecule has 0 aliphatic heterocycles. The van der Waals surface area contributed by atoms with E-state index in [9.17, 15) is 0 Å². The van der Waals surface area contributed by atoms with E-state index < -0.39 is 0 Å². The van der Waals surface area contributed by atoms with Crippen LogP contribution < -0.4 is 5.32 Å². The topological polar surface area (TPSA) is 12.0 Å². The molecule has 94 valence electrons. The van der Waals surface area contributed by atoms with Crippen molar-refractivity contribution < 1.29 is 0 Å². The average Bonchev–Trinajstić information content (AvgIpc) is 2.26. The zero-order valence-electron chi connectivity index (χ0n) is 11.2. The van der Waals surface area contributed by atoms with Crippen molar-refractivity contribution in [2.45, 2.75) is 64.8 Å². The number of rotatable bonds is 7. The molecule has 0 amide bonds. The Kier molecular flexibility index (Phi) is 6.79. The zero-order valence-corrected chi connectivity index (χ0v) is 11.2. The third-order valence-corrected chi connectivity index (χ3v) is 3.92. The third-order valence-electron chi connectivity index (χ3n) is 3.92. The molecule has 1 heteroatoms. The summed E-state index contributed by atoms with van der Waals surface area (Å²) in [6.45, 7) is 9.76. The highest BCUT2D eigenvalue weighted by molar-refractivity contribution is 4.80. The number of hydrogen-bond donors (Lipinski definition) is 1. The first kappa shape index (κ1) is 13.8. The molecular weight excluding hydrogens is 194 g/mol. The highest BCUT2D eigenvalue weighted by atomic mass is 14.9. The lowest BCUT2D eigenvalue weighted by atomic mass is 9.80. The van der Waals surface area contributed by atoms with Gasteiger partial charge in [-0.15, -0.1) is 6.58 Å². The van der Waals surface area contributed by atoms with Crippen LogP contribution >= 0.6 is 0 Å². The van der Waals surface area contributed by atoms with Crippen molar-refractivity contribution in [2.75, 3.05) is 6.54 Å². The van der Waals surface area contributed by atoms with Crippen LogP contribution in [0.15, 0.2) is 12.7 Å². The molecule has 1 aliphatic carbocycles. The van der Waals surface area contributed by atoms with Crippen molar-refractivity contribution >= 4 is 0 Å². The molecule has 3 atom stereocenters. The standard InChI is InChI=1S/C15H29N/c1-4-5-6-7-8-11-16-15-10-9-13(2)12-14(15)3/h4,13-16H,1,5-12H2,2-3H3. The van der Waals surface area contributed by atoms with Crippen LogP contribution in [0.2, 0.25) is 0 Å². The quantitative estimate of drug-likeness (QED) is 0.505. The van der Waals surface area contributed by atoms with Gasteiger partial charge in [0, 0.05) is 6.04 Å². The molecule has 1 N–H and O–H groups in total. The van der Waals surface area contributed by atoms with E-state index in [1.165, 1.54) is 51.5 Å². The summed E-state index contributed by atoms with van der Waals surface area (Å²) in [5.74, 6) is 1.82. The Hall–Kier alpha value is -0.300. The van der Waals surface area contributed by atoms with Crippen LogP contribution in [0.3, 0.4) is 0 Å². The lowest BCUT2D eigenvalue weighted by Gasteiger charge is -2.33. The van der Waals surface area contributed by atoms with E-state index in [1.807, 2.05) is 6.08 Å². The summed E-state index contributed by atoms with van der Waals surface area (Å²) in [5, 5.41) is 3.74. The highest BCUT2D eigenvalue weighted by Gasteiger charge is 2.24. The smallest absolute Gasteiger partial charge is 0.00928 e. The van der Waals surface area contributed by atoms with Crippen LogP contribution in [-0.2, 0) is 0 Å². The first-order valence-corrected chi connectivity index (χ1v) is 7.08. The molecule has 1 saturated carbocycles. The van der Waals surface area contributed by atoms with E-state index >= 15 is 0 Å². The van der Waals surface area contributed by atoms with Gasteiger partial charge in [0.2, 0.25) is 0 Å². The van der Waals surface area contributed by atoms with Crippen LogP contribution in [-0.4, -0.2) is 12.6 Å². The summed E-state index contributed by atoms with van der Waals surface area (Å²) in [6.07, 6.45) is 11.4. The lowest BCUT2D eigenvalue weighted by Crippen LogP contribution is -2.39. The molecule has 1 rings (SSSR count). The van der Waals surface area contributed by atoms with Crippen LogP contribution in [0, 0.1) is 11.8 Å². The van der Waals surface area contributed by atoms with Gasteiger partial charge in [0.25, 0.3) is 0 Å². The lowest BCUT2D eigenvalue weighted by molar-refractivity contribution is 0.228. The van der Waals surface area contributed by atoms with Gasteiger partial charge in [0.15, 0.2) is 0 Å². The fourth-order valence-electron chi connectivity index (χ4n) is 2.85. The molecule has 3 unspecified atom stereocenters. The SMILES string of the molecule is C=CCCCCCNC1CCC(C)CC1C. The van der Waals surface area contributed by atoms with Crippen LogP contribution in [0.5, 0.6) is 0 Å². The van der Waals surface area contributed by atoms with Gasteiger partial charge in [-0.05, 0) is 56.9 Å². The number of unbranched alkanes of at least 4 members (excludes halogenated alkanes) is 3. The van der Waals surface area contributed by atoms with Gasteiger partial charge >= 0.3 is 0 Å². The molecule has 0 heterocycles. The second-order valence-corrected chi connectivity index (χ2v) is 5.59. The Labute approximate surface area is 102 Å². The van der Waals surface area contributed by atoms with Gasteiger partial charge in [-0.2, -0.15) is 0 Å². The zero-order chi connectivity index (χ0) is 11.8. The normalized spacial score (nSPS) is 30.2. The van der Waals surface area contributed by atoms with Crippen LogP contribution in [0.1, 0.15) is 58.8 Å². The van der Waals surface area contributed by atoms with E-state index in [1.54, 1.807) is 0 Å². The second kappa shape index (κ2) is 7.89. The number of allylic oxidation sites excluding steroid dienone is 1. The monoisotopic (exact) mass is 223 g/mol. The van der Waals surface area contributed by atoms with E-state index in [-0.39, 0.29) is 0 Å². The predicted octanol–water partition coefficient (Wildman–Crippen LogP) is 4.15. The summed E-state index contributed by atoms with van der Waals surface area (Å²) in [7, 11) is 0. The molecule has 0 aromatic carbocycles. The van der Waals surface area contributed by atoms with Gasteiger partial charge in [-0.1, -0.05) is 26.3 Å². The van der Waals surface area contributed by atoms with Crippen molar-refractivity contribution in [3.05, 3.63) is 12.7 Å². The Bertz CT molecular complexity index is 188. The average molecular weight is 223 g/mol. The number of hydrogen-bond acceptors (Lipinski definition) is 1. The van der Waals surface area contributed by atoms with Crippen LogP contribution in [0.4, 0.5) is 0 Å². The maximum absolute atomic E-state index is 3.75. The molecule has 0 aromatic rings. The van der Waals surface area contributed by atoms with Gasteiger partial charge < -0.3 is 5.32 Å². The van der Waals surface area contributed by atoms with Crippen molar-refractivity contribution in [3.63, 3.8) is 0 Å².